The van der Waals surface area contributed by atoms with Crippen LogP contribution in [0.15, 0.2) is 40.9 Å². The quantitative estimate of drug-likeness (QED) is 0.882. The van der Waals surface area contributed by atoms with Gasteiger partial charge in [-0.25, -0.2) is 4.39 Å². The molecule has 0 saturated carbocycles. The second-order valence-corrected chi connectivity index (χ2v) is 6.02. The fourth-order valence-corrected chi connectivity index (χ4v) is 2.67. The summed E-state index contributed by atoms with van der Waals surface area (Å²) in [4.78, 5) is 13.7. The zero-order chi connectivity index (χ0) is 17.0. The number of anilines is 2. The summed E-state index contributed by atoms with van der Waals surface area (Å²) in [5, 5.41) is 11.9. The summed E-state index contributed by atoms with van der Waals surface area (Å²) < 4.78 is 14.6. The highest BCUT2D eigenvalue weighted by Gasteiger charge is 2.14. The van der Waals surface area contributed by atoms with Crippen LogP contribution >= 0.6 is 15.9 Å². The van der Waals surface area contributed by atoms with Crippen LogP contribution in [0.5, 0.6) is 0 Å². The molecular formula is C17H15BrFN3O. The largest absolute Gasteiger partial charge is 0.364 e. The molecule has 0 fully saturated rings. The van der Waals surface area contributed by atoms with Crippen LogP contribution in [0.25, 0.3) is 0 Å². The minimum atomic E-state index is -0.596. The number of rotatable bonds is 4. The molecule has 0 aliphatic heterocycles. The van der Waals surface area contributed by atoms with E-state index in [0.29, 0.717) is 11.4 Å². The molecule has 1 N–H and O–H groups in total. The number of benzene rings is 2. The number of nitrogens with one attached hydrogen (secondary N) is 1. The van der Waals surface area contributed by atoms with Gasteiger partial charge >= 0.3 is 0 Å². The van der Waals surface area contributed by atoms with Crippen LogP contribution in [0.4, 0.5) is 15.8 Å². The summed E-state index contributed by atoms with van der Waals surface area (Å²) in [6, 6.07) is 11.7. The van der Waals surface area contributed by atoms with Crippen molar-refractivity contribution in [2.75, 3.05) is 23.8 Å². The lowest BCUT2D eigenvalue weighted by Crippen LogP contribution is -2.30. The van der Waals surface area contributed by atoms with Crippen LogP contribution in [-0.2, 0) is 4.79 Å². The van der Waals surface area contributed by atoms with E-state index in [4.69, 9.17) is 5.26 Å². The lowest BCUT2D eigenvalue weighted by Gasteiger charge is -2.20. The van der Waals surface area contributed by atoms with Gasteiger partial charge < -0.3 is 10.2 Å². The number of aryl methyl sites for hydroxylation is 1. The van der Waals surface area contributed by atoms with Gasteiger partial charge in [-0.1, -0.05) is 22.0 Å². The van der Waals surface area contributed by atoms with Crippen LogP contribution in [0.2, 0.25) is 0 Å². The number of likely N-dealkylation sites (N-methyl/N-ethyl adjacent to an activating group) is 1. The Morgan fingerprint density at radius 2 is 2.13 bits per heavy atom. The van der Waals surface area contributed by atoms with Gasteiger partial charge in [0.15, 0.2) is 0 Å². The van der Waals surface area contributed by atoms with E-state index >= 15 is 0 Å². The van der Waals surface area contributed by atoms with E-state index in [1.54, 1.807) is 24.1 Å². The first-order chi connectivity index (χ1) is 10.9. The van der Waals surface area contributed by atoms with Crippen molar-refractivity contribution in [3.05, 3.63) is 57.8 Å². The van der Waals surface area contributed by atoms with Gasteiger partial charge in [0.25, 0.3) is 0 Å². The first-order valence-electron chi connectivity index (χ1n) is 6.88. The molecular weight excluding hydrogens is 361 g/mol. The topological polar surface area (TPSA) is 56.1 Å². The fourth-order valence-electron chi connectivity index (χ4n) is 2.20. The van der Waals surface area contributed by atoms with E-state index in [0.717, 1.165) is 10.0 Å². The van der Waals surface area contributed by atoms with E-state index in [-0.39, 0.29) is 18.0 Å². The van der Waals surface area contributed by atoms with Gasteiger partial charge in [0.2, 0.25) is 5.91 Å². The van der Waals surface area contributed by atoms with Crippen molar-refractivity contribution in [1.29, 1.82) is 5.26 Å². The lowest BCUT2D eigenvalue weighted by atomic mass is 10.1. The lowest BCUT2D eigenvalue weighted by molar-refractivity contribution is -0.114. The number of hydrogen-bond donors (Lipinski definition) is 1. The number of carbonyl (C=O) groups is 1. The van der Waals surface area contributed by atoms with E-state index in [2.05, 4.69) is 21.2 Å². The van der Waals surface area contributed by atoms with Gasteiger partial charge in [-0.2, -0.15) is 5.26 Å². The molecule has 0 aliphatic carbocycles. The van der Waals surface area contributed by atoms with Crippen molar-refractivity contribution in [1.82, 2.24) is 0 Å². The second-order valence-electron chi connectivity index (χ2n) is 5.11. The van der Waals surface area contributed by atoms with Crippen LogP contribution in [-0.4, -0.2) is 19.5 Å². The summed E-state index contributed by atoms with van der Waals surface area (Å²) in [5.74, 6) is -0.841. The van der Waals surface area contributed by atoms with Crippen molar-refractivity contribution >= 4 is 33.2 Å². The zero-order valence-electron chi connectivity index (χ0n) is 12.7. The maximum Gasteiger partial charge on any atom is 0.243 e. The third-order valence-electron chi connectivity index (χ3n) is 3.36. The number of nitrogens with zero attached hydrogens (tertiary/aromatic N) is 2. The first-order valence-corrected chi connectivity index (χ1v) is 7.67. The standard InChI is InChI=1S/C17H15BrFN3O/c1-11-8-12(18)6-7-15(11)21-17(23)10-22(2)16-5-3-4-14(19)13(16)9-20/h3-8H,10H2,1-2H3,(H,21,23). The number of amides is 1. The highest BCUT2D eigenvalue weighted by molar-refractivity contribution is 9.10. The molecule has 0 bridgehead atoms. The zero-order valence-corrected chi connectivity index (χ0v) is 14.3. The summed E-state index contributed by atoms with van der Waals surface area (Å²) in [5.41, 5.74) is 1.96. The van der Waals surface area contributed by atoms with E-state index in [1.807, 2.05) is 25.1 Å². The van der Waals surface area contributed by atoms with Crippen molar-refractivity contribution in [3.63, 3.8) is 0 Å². The van der Waals surface area contributed by atoms with Gasteiger partial charge in [-0.05, 0) is 42.8 Å². The minimum Gasteiger partial charge on any atom is -0.364 e. The molecule has 1 amide bonds. The highest BCUT2D eigenvalue weighted by Crippen LogP contribution is 2.22. The van der Waals surface area contributed by atoms with E-state index in [9.17, 15) is 9.18 Å². The van der Waals surface area contributed by atoms with Gasteiger partial charge in [-0.15, -0.1) is 0 Å². The molecule has 2 rings (SSSR count). The predicted octanol–water partition coefficient (Wildman–Crippen LogP) is 3.84. The SMILES string of the molecule is Cc1cc(Br)ccc1NC(=O)CN(C)c1cccc(F)c1C#N. The summed E-state index contributed by atoms with van der Waals surface area (Å²) in [6.07, 6.45) is 0. The second kappa shape index (κ2) is 7.25. The molecule has 0 saturated heterocycles. The highest BCUT2D eigenvalue weighted by atomic mass is 79.9. The van der Waals surface area contributed by atoms with E-state index < -0.39 is 5.82 Å². The third kappa shape index (κ3) is 4.08. The number of carbonyl (C=O) groups excluding carboxylic acids is 1. The Morgan fingerprint density at radius 1 is 1.39 bits per heavy atom. The van der Waals surface area contributed by atoms with Crippen LogP contribution in [0, 0.1) is 24.1 Å². The van der Waals surface area contributed by atoms with Crippen molar-refractivity contribution in [3.8, 4) is 6.07 Å². The minimum absolute atomic E-state index is 0.00758. The molecule has 0 unspecified atom stereocenters. The van der Waals surface area contributed by atoms with Crippen LogP contribution in [0.1, 0.15) is 11.1 Å². The Kier molecular flexibility index (Phi) is 5.35. The Balaban J connectivity index is 2.11. The molecule has 0 atom stereocenters. The van der Waals surface area contributed by atoms with Gasteiger partial charge in [0, 0.05) is 17.2 Å². The fraction of sp³-hybridized carbons (Fsp3) is 0.176. The molecule has 0 spiro atoms. The third-order valence-corrected chi connectivity index (χ3v) is 3.85. The van der Waals surface area contributed by atoms with Gasteiger partial charge in [0.1, 0.15) is 17.4 Å². The molecule has 2 aromatic carbocycles. The van der Waals surface area contributed by atoms with Crippen molar-refractivity contribution in [2.45, 2.75) is 6.92 Å². The molecule has 4 nitrogen and oxygen atoms in total. The Hall–Kier alpha value is -2.39. The smallest absolute Gasteiger partial charge is 0.243 e. The summed E-state index contributed by atoms with van der Waals surface area (Å²) >= 11 is 3.37. The maximum absolute atomic E-state index is 13.6. The molecule has 0 heterocycles. The van der Waals surface area contributed by atoms with Gasteiger partial charge in [-0.3, -0.25) is 4.79 Å². The normalized spacial score (nSPS) is 10.0. The molecule has 0 aliphatic rings. The Morgan fingerprint density at radius 3 is 2.78 bits per heavy atom. The predicted molar refractivity (Wildman–Crippen MR) is 91.9 cm³/mol. The number of halogens is 2. The average Bonchev–Trinajstić information content (AvgIpc) is 2.49. The molecule has 6 heteroatoms. The molecule has 118 valence electrons. The van der Waals surface area contributed by atoms with Crippen molar-refractivity contribution < 1.29 is 9.18 Å². The van der Waals surface area contributed by atoms with Crippen LogP contribution < -0.4 is 10.2 Å². The summed E-state index contributed by atoms with van der Waals surface area (Å²) in [7, 11) is 1.64. The molecule has 23 heavy (non-hydrogen) atoms. The Labute approximate surface area is 142 Å². The van der Waals surface area contributed by atoms with Crippen molar-refractivity contribution in [2.24, 2.45) is 0 Å². The number of nitriles is 1. The van der Waals surface area contributed by atoms with E-state index in [1.165, 1.54) is 12.1 Å². The molecule has 2 aromatic rings. The monoisotopic (exact) mass is 375 g/mol. The molecule has 0 radical (unpaired) electrons. The summed E-state index contributed by atoms with van der Waals surface area (Å²) in [6.45, 7) is 1.90. The first kappa shape index (κ1) is 17.0. The van der Waals surface area contributed by atoms with Gasteiger partial charge in [0.05, 0.1) is 12.2 Å². The number of hydrogen-bond acceptors (Lipinski definition) is 3. The maximum atomic E-state index is 13.6. The Bertz CT molecular complexity index is 786. The molecule has 0 aromatic heterocycles. The van der Waals surface area contributed by atoms with Crippen LogP contribution in [0.3, 0.4) is 0 Å². The average molecular weight is 376 g/mol.